The maximum atomic E-state index is 9.14. The SMILES string of the molecule is C=C(C)c1ccc(C2OC3(CCCC3)c3c4c(nc(C(C)C)c32)CC(C)(C)CC4[OH2+])cc1. The van der Waals surface area contributed by atoms with Gasteiger partial charge in [0.25, 0.3) is 0 Å². The molecule has 2 aliphatic carbocycles. The summed E-state index contributed by atoms with van der Waals surface area (Å²) in [5, 5.41) is 9.14. The lowest BCUT2D eigenvalue weighted by atomic mass is 9.70. The monoisotopic (exact) mass is 432 g/mol. The van der Waals surface area contributed by atoms with Gasteiger partial charge in [0.1, 0.15) is 6.10 Å². The molecule has 3 aliphatic rings. The molecule has 0 radical (unpaired) electrons. The minimum absolute atomic E-state index is 0.0976. The first kappa shape index (κ1) is 21.9. The van der Waals surface area contributed by atoms with Gasteiger partial charge in [-0.3, -0.25) is 4.98 Å². The molecule has 32 heavy (non-hydrogen) atoms. The first-order valence-corrected chi connectivity index (χ1v) is 12.3. The highest BCUT2D eigenvalue weighted by atomic mass is 16.5. The highest BCUT2D eigenvalue weighted by Gasteiger charge is 2.53. The van der Waals surface area contributed by atoms with Crippen LogP contribution >= 0.6 is 0 Å². The van der Waals surface area contributed by atoms with Gasteiger partial charge in [0.2, 0.25) is 0 Å². The van der Waals surface area contributed by atoms with Crippen molar-refractivity contribution in [2.75, 3.05) is 0 Å². The Hall–Kier alpha value is -1.97. The summed E-state index contributed by atoms with van der Waals surface area (Å²) in [7, 11) is 0. The molecule has 3 nitrogen and oxygen atoms in total. The van der Waals surface area contributed by atoms with Crippen LogP contribution in [0.1, 0.15) is 124 Å². The van der Waals surface area contributed by atoms with Crippen molar-refractivity contribution in [3.63, 3.8) is 0 Å². The molecule has 0 amide bonds. The summed E-state index contributed by atoms with van der Waals surface area (Å²) >= 11 is 0. The minimum atomic E-state index is -0.246. The topological polar surface area (TPSA) is 45.0 Å². The molecule has 170 valence electrons. The predicted octanol–water partition coefficient (Wildman–Crippen LogP) is 6.87. The van der Waals surface area contributed by atoms with E-state index in [1.807, 2.05) is 6.92 Å². The van der Waals surface area contributed by atoms with Crippen molar-refractivity contribution < 1.29 is 9.84 Å². The lowest BCUT2D eigenvalue weighted by molar-refractivity contribution is -0.0580. The summed E-state index contributed by atoms with van der Waals surface area (Å²) in [6.07, 6.45) is 6.05. The number of nitrogens with zero attached hydrogens (tertiary/aromatic N) is 1. The second kappa shape index (κ2) is 7.53. The van der Waals surface area contributed by atoms with Gasteiger partial charge in [0.15, 0.2) is 6.10 Å². The van der Waals surface area contributed by atoms with E-state index in [1.54, 1.807) is 0 Å². The molecule has 2 N–H and O–H groups in total. The van der Waals surface area contributed by atoms with E-state index in [0.29, 0.717) is 5.92 Å². The van der Waals surface area contributed by atoms with E-state index >= 15 is 0 Å². The molecule has 0 bridgehead atoms. The molecule has 3 heteroatoms. The van der Waals surface area contributed by atoms with Crippen LogP contribution < -0.4 is 0 Å². The first-order valence-electron chi connectivity index (χ1n) is 12.3. The fraction of sp³-hybridized carbons (Fsp3) is 0.552. The molecule has 1 aromatic carbocycles. The number of rotatable bonds is 3. The molecule has 1 saturated carbocycles. The molecule has 1 aliphatic heterocycles. The quantitative estimate of drug-likeness (QED) is 0.497. The molecular weight excluding hydrogens is 394 g/mol. The van der Waals surface area contributed by atoms with Crippen LogP contribution in [0.15, 0.2) is 30.8 Å². The van der Waals surface area contributed by atoms with Crippen molar-refractivity contribution in [3.8, 4) is 0 Å². The van der Waals surface area contributed by atoms with E-state index in [2.05, 4.69) is 58.5 Å². The molecule has 1 fully saturated rings. The zero-order valence-electron chi connectivity index (χ0n) is 20.3. The molecular formula is C29H38NO2+. The number of fused-ring (bicyclic) bond motifs is 4. The Labute approximate surface area is 192 Å². The van der Waals surface area contributed by atoms with Crippen molar-refractivity contribution in [2.24, 2.45) is 5.41 Å². The van der Waals surface area contributed by atoms with Gasteiger partial charge >= 0.3 is 0 Å². The van der Waals surface area contributed by atoms with Crippen LogP contribution in [0.4, 0.5) is 0 Å². The maximum Gasteiger partial charge on any atom is 0.182 e. The van der Waals surface area contributed by atoms with Crippen LogP contribution in [-0.2, 0) is 16.8 Å². The van der Waals surface area contributed by atoms with Gasteiger partial charge in [-0.1, -0.05) is 77.0 Å². The zero-order chi connectivity index (χ0) is 22.8. The Bertz CT molecular complexity index is 1060. The van der Waals surface area contributed by atoms with Crippen molar-refractivity contribution in [1.29, 1.82) is 0 Å². The third-order valence-corrected chi connectivity index (χ3v) is 7.86. The maximum absolute atomic E-state index is 9.14. The second-order valence-electron chi connectivity index (χ2n) is 11.5. The van der Waals surface area contributed by atoms with Crippen molar-refractivity contribution in [1.82, 2.24) is 4.98 Å². The summed E-state index contributed by atoms with van der Waals surface area (Å²) in [4.78, 5) is 5.29. The Morgan fingerprint density at radius 1 is 1.12 bits per heavy atom. The van der Waals surface area contributed by atoms with Crippen LogP contribution in [0.2, 0.25) is 0 Å². The van der Waals surface area contributed by atoms with Gasteiger partial charge in [0, 0.05) is 23.2 Å². The lowest BCUT2D eigenvalue weighted by Crippen LogP contribution is -2.32. The van der Waals surface area contributed by atoms with Gasteiger partial charge in [-0.25, -0.2) is 0 Å². The number of ether oxygens (including phenoxy) is 1. The number of benzene rings is 1. The molecule has 5 rings (SSSR count). The van der Waals surface area contributed by atoms with Gasteiger partial charge in [-0.15, -0.1) is 0 Å². The average Bonchev–Trinajstić information content (AvgIpc) is 3.32. The van der Waals surface area contributed by atoms with Crippen molar-refractivity contribution in [3.05, 3.63) is 70.0 Å². The Morgan fingerprint density at radius 3 is 2.38 bits per heavy atom. The van der Waals surface area contributed by atoms with Gasteiger partial charge in [-0.2, -0.15) is 0 Å². The van der Waals surface area contributed by atoms with Crippen molar-refractivity contribution in [2.45, 2.75) is 96.9 Å². The summed E-state index contributed by atoms with van der Waals surface area (Å²) < 4.78 is 7.08. The van der Waals surface area contributed by atoms with E-state index in [-0.39, 0.29) is 23.2 Å². The van der Waals surface area contributed by atoms with Gasteiger partial charge in [-0.05, 0) is 48.6 Å². The van der Waals surface area contributed by atoms with Crippen LogP contribution in [0.25, 0.3) is 5.57 Å². The molecule has 2 heterocycles. The molecule has 0 saturated heterocycles. The fourth-order valence-electron chi connectivity index (χ4n) is 6.40. The Balaban J connectivity index is 1.75. The summed E-state index contributed by atoms with van der Waals surface area (Å²) in [6.45, 7) is 15.2. The van der Waals surface area contributed by atoms with Crippen LogP contribution in [-0.4, -0.2) is 10.1 Å². The van der Waals surface area contributed by atoms with Crippen LogP contribution in [0, 0.1) is 5.41 Å². The van der Waals surface area contributed by atoms with Crippen LogP contribution in [0.3, 0.4) is 0 Å². The van der Waals surface area contributed by atoms with E-state index < -0.39 is 0 Å². The molecule has 2 unspecified atom stereocenters. The van der Waals surface area contributed by atoms with E-state index in [1.165, 1.54) is 46.4 Å². The average molecular weight is 433 g/mol. The first-order chi connectivity index (χ1) is 15.1. The second-order valence-corrected chi connectivity index (χ2v) is 11.5. The molecule has 1 spiro atoms. The zero-order valence-corrected chi connectivity index (χ0v) is 20.3. The normalized spacial score (nSPS) is 25.2. The number of allylic oxidation sites excluding steroid dienone is 1. The summed E-state index contributed by atoms with van der Waals surface area (Å²) in [6, 6.07) is 8.74. The largest absolute Gasteiger partial charge is 0.440 e. The standard InChI is InChI=1S/C29H37NO2/c1-17(2)19-9-11-20(12-10-19)27-24-25(29(32-27)13-7-8-14-29)23-21(30-26(24)18(3)4)15-28(5,6)16-22(23)31/h9-12,18,22,27,31H,1,7-8,13-16H2,2-6H3/p+1. The fourth-order valence-corrected chi connectivity index (χ4v) is 6.40. The molecule has 1 aromatic heterocycles. The number of hydrogen-bond acceptors (Lipinski definition) is 2. The number of aromatic nitrogens is 1. The number of hydrogen-bond donors (Lipinski definition) is 0. The summed E-state index contributed by atoms with van der Waals surface area (Å²) in [5.41, 5.74) is 9.50. The van der Waals surface area contributed by atoms with Gasteiger partial charge < -0.3 is 9.84 Å². The highest BCUT2D eigenvalue weighted by molar-refractivity contribution is 5.62. The third kappa shape index (κ3) is 3.36. The van der Waals surface area contributed by atoms with E-state index in [4.69, 9.17) is 14.8 Å². The smallest absolute Gasteiger partial charge is 0.182 e. The minimum Gasteiger partial charge on any atom is -0.440 e. The third-order valence-electron chi connectivity index (χ3n) is 7.86. The van der Waals surface area contributed by atoms with Gasteiger partial charge in [0.05, 0.1) is 16.9 Å². The summed E-state index contributed by atoms with van der Waals surface area (Å²) in [5.74, 6) is 0.320. The predicted molar refractivity (Wildman–Crippen MR) is 131 cm³/mol. The Kier molecular flexibility index (Phi) is 5.14. The van der Waals surface area contributed by atoms with E-state index in [9.17, 15) is 0 Å². The number of pyridine rings is 1. The molecule has 2 atom stereocenters. The Morgan fingerprint density at radius 2 is 1.78 bits per heavy atom. The molecule has 2 aromatic rings. The van der Waals surface area contributed by atoms with Crippen molar-refractivity contribution >= 4 is 5.57 Å². The highest BCUT2D eigenvalue weighted by Crippen LogP contribution is 2.59. The van der Waals surface area contributed by atoms with E-state index in [0.717, 1.165) is 37.0 Å². The lowest BCUT2D eigenvalue weighted by Gasteiger charge is -2.36. The van der Waals surface area contributed by atoms with Crippen LogP contribution in [0.5, 0.6) is 0 Å².